The van der Waals surface area contributed by atoms with E-state index in [-0.39, 0.29) is 28.8 Å². The molecule has 5 heterocycles. The number of aryl methyl sites for hydroxylation is 2. The van der Waals surface area contributed by atoms with Crippen LogP contribution in [0.15, 0.2) is 89.3 Å². The van der Waals surface area contributed by atoms with Crippen molar-refractivity contribution in [2.24, 2.45) is 0 Å². The van der Waals surface area contributed by atoms with Crippen molar-refractivity contribution in [1.29, 1.82) is 0 Å². The van der Waals surface area contributed by atoms with Crippen molar-refractivity contribution in [2.45, 2.75) is 81.5 Å². The van der Waals surface area contributed by atoms with Gasteiger partial charge in [0.15, 0.2) is 15.0 Å². The van der Waals surface area contributed by atoms with Crippen LogP contribution in [0.4, 0.5) is 10.8 Å². The molecule has 6 aromatic rings. The van der Waals surface area contributed by atoms with Gasteiger partial charge in [0.25, 0.3) is 5.91 Å². The minimum Gasteiger partial charge on any atom is -0.371 e. The summed E-state index contributed by atoms with van der Waals surface area (Å²) in [4.78, 5) is 62.2. The van der Waals surface area contributed by atoms with E-state index in [9.17, 15) is 27.6 Å². The van der Waals surface area contributed by atoms with Gasteiger partial charge in [0.1, 0.15) is 11.7 Å². The van der Waals surface area contributed by atoms with Crippen LogP contribution >= 0.6 is 11.3 Å². The Morgan fingerprint density at radius 3 is 2.58 bits per heavy atom. The highest BCUT2D eigenvalue weighted by Crippen LogP contribution is 2.36. The fourth-order valence-corrected chi connectivity index (χ4v) is 10.5. The highest BCUT2D eigenvalue weighted by Gasteiger charge is 2.31. The van der Waals surface area contributed by atoms with Crippen molar-refractivity contribution in [2.75, 3.05) is 36.4 Å². The molecule has 1 unspecified atom stereocenters. The van der Waals surface area contributed by atoms with E-state index in [1.807, 2.05) is 40.3 Å². The molecule has 4 N–H and O–H groups in total. The Labute approximate surface area is 364 Å². The van der Waals surface area contributed by atoms with Gasteiger partial charge in [0, 0.05) is 64.7 Å². The quantitative estimate of drug-likeness (QED) is 0.0712. The van der Waals surface area contributed by atoms with E-state index in [1.54, 1.807) is 39.1 Å². The van der Waals surface area contributed by atoms with Gasteiger partial charge in [-0.15, -0.1) is 11.3 Å². The van der Waals surface area contributed by atoms with Crippen molar-refractivity contribution in [3.63, 3.8) is 0 Å². The maximum Gasteiger partial charge on any atom is 0.251 e. The monoisotopic (exact) mass is 874 g/mol. The van der Waals surface area contributed by atoms with Gasteiger partial charge < -0.3 is 25.4 Å². The van der Waals surface area contributed by atoms with E-state index < -0.39 is 32.9 Å². The zero-order valence-corrected chi connectivity index (χ0v) is 36.6. The standard InChI is InChI=1S/C46H50N8O6S2/c1-28(2)62(59,60)39-25-32(15-14-29(39)3)44(57)49-26-41(56)52-46-50-36(27-61-46)31-9-4-11-34(24-31)53-22-18-33(19-23-53)47-20-6-10-30-8-5-13-37-42(30)35-12-7-21-48-43(35)54(37)38-16-17-40(55)51-45(38)58/h4-5,7-9,11-15,21,24-25,27-28,33,38,47H,6,10,16-20,22-23,26H2,1-3H3,(H,49,57)(H,50,52,56)(H,51,55,58). The lowest BCUT2D eigenvalue weighted by molar-refractivity contribution is -0.135. The summed E-state index contributed by atoms with van der Waals surface area (Å²) in [5.74, 6) is -1.51. The topological polar surface area (TPSA) is 184 Å². The molecule has 2 saturated heterocycles. The van der Waals surface area contributed by atoms with Crippen LogP contribution in [0.3, 0.4) is 0 Å². The number of rotatable bonds is 14. The second kappa shape index (κ2) is 18.2. The lowest BCUT2D eigenvalue weighted by atomic mass is 10.0. The minimum absolute atomic E-state index is 0.106. The maximum absolute atomic E-state index is 12.9. The molecule has 2 aliphatic heterocycles. The smallest absolute Gasteiger partial charge is 0.251 e. The molecule has 4 amide bonds. The number of hydrogen-bond donors (Lipinski definition) is 4. The molecule has 3 aromatic heterocycles. The number of thiazole rings is 1. The molecule has 2 fully saturated rings. The highest BCUT2D eigenvalue weighted by atomic mass is 32.2. The molecular weight excluding hydrogens is 825 g/mol. The van der Waals surface area contributed by atoms with Gasteiger partial charge in [-0.1, -0.05) is 30.3 Å². The molecule has 0 bridgehead atoms. The fraction of sp³-hybridized carbons (Fsp3) is 0.348. The summed E-state index contributed by atoms with van der Waals surface area (Å²) < 4.78 is 27.5. The number of benzene rings is 3. The van der Waals surface area contributed by atoms with Crippen LogP contribution in [0.5, 0.6) is 0 Å². The van der Waals surface area contributed by atoms with Crippen molar-refractivity contribution >= 4 is 77.6 Å². The minimum atomic E-state index is -3.58. The van der Waals surface area contributed by atoms with Gasteiger partial charge >= 0.3 is 0 Å². The molecule has 0 spiro atoms. The Morgan fingerprint density at radius 1 is 0.984 bits per heavy atom. The first kappa shape index (κ1) is 42.7. The zero-order valence-electron chi connectivity index (χ0n) is 34.9. The van der Waals surface area contributed by atoms with Gasteiger partial charge in [-0.2, -0.15) is 0 Å². The first-order valence-electron chi connectivity index (χ1n) is 21.0. The Hall–Kier alpha value is -5.97. The first-order valence-corrected chi connectivity index (χ1v) is 23.5. The molecular formula is C46H50N8O6S2. The molecule has 14 nitrogen and oxygen atoms in total. The van der Waals surface area contributed by atoms with E-state index in [0.717, 1.165) is 84.2 Å². The summed E-state index contributed by atoms with van der Waals surface area (Å²) in [6.45, 7) is 7.28. The van der Waals surface area contributed by atoms with E-state index in [0.29, 0.717) is 29.6 Å². The van der Waals surface area contributed by atoms with Crippen LogP contribution in [-0.4, -0.2) is 84.1 Å². The number of anilines is 2. The summed E-state index contributed by atoms with van der Waals surface area (Å²) in [6.07, 6.45) is 6.36. The molecule has 8 rings (SSSR count). The molecule has 0 aliphatic carbocycles. The number of hydrogen-bond acceptors (Lipinski definition) is 11. The second-order valence-corrected chi connectivity index (χ2v) is 19.6. The molecule has 62 heavy (non-hydrogen) atoms. The van der Waals surface area contributed by atoms with Crippen LogP contribution in [0, 0.1) is 6.92 Å². The van der Waals surface area contributed by atoms with Gasteiger partial charge in [0.05, 0.1) is 27.9 Å². The second-order valence-electron chi connectivity index (χ2n) is 16.2. The van der Waals surface area contributed by atoms with Crippen LogP contribution < -0.4 is 26.2 Å². The maximum atomic E-state index is 12.9. The summed E-state index contributed by atoms with van der Waals surface area (Å²) in [6, 6.07) is 22.9. The number of amides is 4. The summed E-state index contributed by atoms with van der Waals surface area (Å²) in [7, 11) is -3.58. The number of imide groups is 1. The molecule has 1 atom stereocenters. The Bertz CT molecular complexity index is 2790. The number of aromatic nitrogens is 3. The predicted molar refractivity (Wildman–Crippen MR) is 242 cm³/mol. The zero-order chi connectivity index (χ0) is 43.5. The van der Waals surface area contributed by atoms with Crippen LogP contribution in [0.1, 0.15) is 73.5 Å². The number of nitrogens with zero attached hydrogens (tertiary/aromatic N) is 4. The molecule has 0 radical (unpaired) electrons. The molecule has 2 aliphatic rings. The molecule has 0 saturated carbocycles. The molecule has 322 valence electrons. The van der Waals surface area contributed by atoms with Gasteiger partial charge in [-0.25, -0.2) is 18.4 Å². The van der Waals surface area contributed by atoms with E-state index in [4.69, 9.17) is 0 Å². The summed E-state index contributed by atoms with van der Waals surface area (Å²) in [5.41, 5.74) is 6.45. The first-order chi connectivity index (χ1) is 29.9. The molecule has 16 heteroatoms. The van der Waals surface area contributed by atoms with Gasteiger partial charge in [-0.3, -0.25) is 24.5 Å². The average Bonchev–Trinajstić information content (AvgIpc) is 3.87. The van der Waals surface area contributed by atoms with Gasteiger partial charge in [0.2, 0.25) is 17.7 Å². The highest BCUT2D eigenvalue weighted by molar-refractivity contribution is 7.92. The van der Waals surface area contributed by atoms with E-state index in [1.165, 1.54) is 23.0 Å². The van der Waals surface area contributed by atoms with Crippen LogP contribution in [-0.2, 0) is 30.6 Å². The van der Waals surface area contributed by atoms with Crippen LogP contribution in [0.25, 0.3) is 33.2 Å². The van der Waals surface area contributed by atoms with Crippen molar-refractivity contribution in [3.05, 3.63) is 101 Å². The lowest BCUT2D eigenvalue weighted by Gasteiger charge is -2.34. The van der Waals surface area contributed by atoms with Crippen LogP contribution in [0.2, 0.25) is 0 Å². The average molecular weight is 875 g/mol. The number of carbonyl (C=O) groups excluding carboxylic acids is 4. The number of sulfone groups is 1. The number of pyridine rings is 1. The molecule has 3 aromatic carbocycles. The van der Waals surface area contributed by atoms with E-state index >= 15 is 0 Å². The number of nitrogens with one attached hydrogen (secondary N) is 4. The van der Waals surface area contributed by atoms with E-state index in [2.05, 4.69) is 60.4 Å². The largest absolute Gasteiger partial charge is 0.371 e. The van der Waals surface area contributed by atoms with Crippen molar-refractivity contribution < 1.29 is 27.6 Å². The Morgan fingerprint density at radius 2 is 1.79 bits per heavy atom. The third-order valence-corrected chi connectivity index (χ3v) is 14.8. The normalized spacial score (nSPS) is 16.3. The van der Waals surface area contributed by atoms with Gasteiger partial charge in [-0.05, 0) is 113 Å². The third kappa shape index (κ3) is 8.99. The third-order valence-electron chi connectivity index (χ3n) is 11.8. The number of fused-ring (bicyclic) bond motifs is 3. The Kier molecular flexibility index (Phi) is 12.5. The number of piperidine rings is 2. The SMILES string of the molecule is Cc1ccc(C(=O)NCC(=O)Nc2nc(-c3cccc(N4CCC(NCCCc5cccc6c5c5cccnc5n6C5CCC(=O)NC5=O)CC4)c3)cs2)cc1S(=O)(=O)C(C)C. The summed E-state index contributed by atoms with van der Waals surface area (Å²) in [5, 5.41) is 15.4. The lowest BCUT2D eigenvalue weighted by Crippen LogP contribution is -2.42. The Balaban J connectivity index is 0.814. The summed E-state index contributed by atoms with van der Waals surface area (Å²) >= 11 is 1.30. The van der Waals surface area contributed by atoms with Crippen molar-refractivity contribution in [1.82, 2.24) is 30.5 Å². The number of carbonyl (C=O) groups is 4. The fourth-order valence-electron chi connectivity index (χ4n) is 8.43. The predicted octanol–water partition coefficient (Wildman–Crippen LogP) is 6.34. The van der Waals surface area contributed by atoms with Crippen molar-refractivity contribution in [3.8, 4) is 11.3 Å².